The molecule has 0 saturated carbocycles. The van der Waals surface area contributed by atoms with Crippen molar-refractivity contribution in [3.8, 4) is 0 Å². The first-order valence-corrected chi connectivity index (χ1v) is 8.95. The maximum absolute atomic E-state index is 13.4. The van der Waals surface area contributed by atoms with Crippen LogP contribution in [-0.2, 0) is 19.3 Å². The molecule has 12 heteroatoms. The first-order valence-electron chi connectivity index (χ1n) is 8.57. The molecule has 1 N–H and O–H groups in total. The van der Waals surface area contributed by atoms with Gasteiger partial charge in [-0.05, 0) is 12.1 Å². The van der Waals surface area contributed by atoms with Crippen LogP contribution in [0.5, 0.6) is 0 Å². The number of benzene rings is 1. The largest absolute Gasteiger partial charge is 0.418 e. The van der Waals surface area contributed by atoms with Gasteiger partial charge in [0.25, 0.3) is 5.56 Å². The molecule has 8 nitrogen and oxygen atoms in total. The zero-order chi connectivity index (χ0) is 20.8. The van der Waals surface area contributed by atoms with Gasteiger partial charge >= 0.3 is 6.18 Å². The van der Waals surface area contributed by atoms with Gasteiger partial charge in [0.15, 0.2) is 5.82 Å². The Bertz CT molecular complexity index is 1110. The molecule has 0 aliphatic carbocycles. The summed E-state index contributed by atoms with van der Waals surface area (Å²) in [6.45, 7) is 1.14. The van der Waals surface area contributed by atoms with E-state index in [1.807, 2.05) is 4.90 Å². The highest BCUT2D eigenvalue weighted by molar-refractivity contribution is 6.32. The molecule has 0 amide bonds. The Morgan fingerprint density at radius 1 is 1.21 bits per heavy atom. The number of nitrogens with one attached hydrogen (secondary N) is 1. The molecule has 2 aromatic heterocycles. The minimum atomic E-state index is -4.49. The van der Waals surface area contributed by atoms with Crippen molar-refractivity contribution in [3.05, 3.63) is 57.2 Å². The molecule has 4 rings (SSSR count). The van der Waals surface area contributed by atoms with Crippen LogP contribution in [0.2, 0.25) is 5.02 Å². The van der Waals surface area contributed by atoms with E-state index in [4.69, 9.17) is 11.6 Å². The van der Waals surface area contributed by atoms with Crippen LogP contribution in [0, 0.1) is 0 Å². The van der Waals surface area contributed by atoms with Gasteiger partial charge in [0.05, 0.1) is 29.7 Å². The summed E-state index contributed by atoms with van der Waals surface area (Å²) in [7, 11) is 1.52. The van der Waals surface area contributed by atoms with E-state index in [9.17, 15) is 18.0 Å². The molecule has 1 aliphatic rings. The molecule has 1 aromatic carbocycles. The lowest BCUT2D eigenvalue weighted by Crippen LogP contribution is -2.36. The average Bonchev–Trinajstić information content (AvgIpc) is 3.12. The predicted molar refractivity (Wildman–Crippen MR) is 100 cm³/mol. The maximum atomic E-state index is 13.4. The molecule has 0 fully saturated rings. The van der Waals surface area contributed by atoms with Crippen LogP contribution in [0.3, 0.4) is 0 Å². The highest BCUT2D eigenvalue weighted by Gasteiger charge is 2.35. The van der Waals surface area contributed by atoms with Crippen LogP contribution in [0.4, 0.5) is 30.5 Å². The highest BCUT2D eigenvalue weighted by atomic mass is 35.5. The summed E-state index contributed by atoms with van der Waals surface area (Å²) in [5, 5.41) is 14.3. The van der Waals surface area contributed by atoms with Crippen LogP contribution in [-0.4, -0.2) is 38.6 Å². The van der Waals surface area contributed by atoms with Crippen molar-refractivity contribution in [1.29, 1.82) is 0 Å². The van der Waals surface area contributed by atoms with E-state index in [1.54, 1.807) is 4.57 Å². The van der Waals surface area contributed by atoms with Gasteiger partial charge in [0, 0.05) is 20.1 Å². The Morgan fingerprint density at radius 3 is 2.72 bits per heavy atom. The first kappa shape index (κ1) is 19.2. The number of rotatable bonds is 3. The topological polar surface area (TPSA) is 82.9 Å². The fourth-order valence-corrected chi connectivity index (χ4v) is 3.51. The minimum absolute atomic E-state index is 0.0144. The zero-order valence-electron chi connectivity index (χ0n) is 15.1. The Labute approximate surface area is 167 Å². The number of H-pyrrole nitrogens is 1. The summed E-state index contributed by atoms with van der Waals surface area (Å²) in [6, 6.07) is 5.30. The second kappa shape index (κ2) is 7.07. The van der Waals surface area contributed by atoms with Crippen LogP contribution >= 0.6 is 11.6 Å². The van der Waals surface area contributed by atoms with Crippen LogP contribution < -0.4 is 15.4 Å². The number of aromatic amines is 1. The number of alkyl halides is 3. The second-order valence-corrected chi connectivity index (χ2v) is 6.84. The molecule has 3 heterocycles. The summed E-state index contributed by atoms with van der Waals surface area (Å²) < 4.78 is 41.9. The smallest absolute Gasteiger partial charge is 0.360 e. The SMILES string of the molecule is CN(c1ccccc1C(F)(F)F)c1nnc2n1CCN(c1cn[nH]c(=O)c1Cl)C2. The average molecular weight is 426 g/mol. The van der Waals surface area contributed by atoms with Gasteiger partial charge in [-0.15, -0.1) is 10.2 Å². The van der Waals surface area contributed by atoms with Crippen molar-refractivity contribution in [2.24, 2.45) is 0 Å². The first-order chi connectivity index (χ1) is 13.8. The third kappa shape index (κ3) is 3.41. The minimum Gasteiger partial charge on any atom is -0.360 e. The van der Waals surface area contributed by atoms with Crippen molar-refractivity contribution in [2.45, 2.75) is 19.3 Å². The number of aromatic nitrogens is 5. The van der Waals surface area contributed by atoms with Gasteiger partial charge < -0.3 is 9.80 Å². The standard InChI is InChI=1S/C17H15ClF3N7O/c1-26(11-5-3-2-4-10(11)17(19,20)21)16-25-23-13-9-27(6-7-28(13)16)12-8-22-24-15(29)14(12)18/h2-5,8H,6-7,9H2,1H3,(H,24,29). The lowest BCUT2D eigenvalue weighted by Gasteiger charge is -2.31. The Hall–Kier alpha value is -3.08. The van der Waals surface area contributed by atoms with Crippen molar-refractivity contribution in [1.82, 2.24) is 25.0 Å². The van der Waals surface area contributed by atoms with E-state index in [1.165, 1.54) is 36.3 Å². The number of nitrogens with zero attached hydrogens (tertiary/aromatic N) is 6. The van der Waals surface area contributed by atoms with E-state index in [2.05, 4.69) is 20.4 Å². The number of hydrogen-bond acceptors (Lipinski definition) is 6. The van der Waals surface area contributed by atoms with Crippen molar-refractivity contribution < 1.29 is 13.2 Å². The van der Waals surface area contributed by atoms with Gasteiger partial charge in [0.2, 0.25) is 5.95 Å². The third-order valence-electron chi connectivity index (χ3n) is 4.72. The maximum Gasteiger partial charge on any atom is 0.418 e. The fourth-order valence-electron chi connectivity index (χ4n) is 3.30. The summed E-state index contributed by atoms with van der Waals surface area (Å²) in [5.74, 6) is 0.838. The monoisotopic (exact) mass is 425 g/mol. The van der Waals surface area contributed by atoms with Gasteiger partial charge in [-0.3, -0.25) is 9.36 Å². The molecule has 29 heavy (non-hydrogen) atoms. The molecule has 0 radical (unpaired) electrons. The summed E-state index contributed by atoms with van der Waals surface area (Å²) in [4.78, 5) is 14.9. The Morgan fingerprint density at radius 2 is 1.97 bits per heavy atom. The summed E-state index contributed by atoms with van der Waals surface area (Å²) >= 11 is 6.07. The molecular formula is C17H15ClF3N7O. The zero-order valence-corrected chi connectivity index (χ0v) is 15.9. The molecule has 152 valence electrons. The van der Waals surface area contributed by atoms with Gasteiger partial charge in [-0.1, -0.05) is 23.7 Å². The molecule has 1 aliphatic heterocycles. The van der Waals surface area contributed by atoms with Crippen LogP contribution in [0.1, 0.15) is 11.4 Å². The molecule has 0 spiro atoms. The molecule has 0 atom stereocenters. The number of hydrogen-bond donors (Lipinski definition) is 1. The molecule has 0 bridgehead atoms. The fraction of sp³-hybridized carbons (Fsp3) is 0.294. The van der Waals surface area contributed by atoms with Crippen molar-refractivity contribution in [2.75, 3.05) is 23.4 Å². The molecule has 3 aromatic rings. The van der Waals surface area contributed by atoms with Crippen molar-refractivity contribution >= 4 is 28.9 Å². The van der Waals surface area contributed by atoms with E-state index in [0.717, 1.165) is 6.07 Å². The van der Waals surface area contributed by atoms with E-state index < -0.39 is 17.3 Å². The lowest BCUT2D eigenvalue weighted by atomic mass is 10.1. The van der Waals surface area contributed by atoms with Gasteiger partial charge in [0.1, 0.15) is 5.02 Å². The molecule has 0 unspecified atom stereocenters. The van der Waals surface area contributed by atoms with E-state index >= 15 is 0 Å². The third-order valence-corrected chi connectivity index (χ3v) is 5.09. The Balaban J connectivity index is 1.66. The van der Waals surface area contributed by atoms with Crippen LogP contribution in [0.25, 0.3) is 0 Å². The van der Waals surface area contributed by atoms with Gasteiger partial charge in [-0.25, -0.2) is 5.10 Å². The van der Waals surface area contributed by atoms with Gasteiger partial charge in [-0.2, -0.15) is 18.3 Å². The quantitative estimate of drug-likeness (QED) is 0.695. The molecular weight excluding hydrogens is 411 g/mol. The van der Waals surface area contributed by atoms with Crippen molar-refractivity contribution in [3.63, 3.8) is 0 Å². The lowest BCUT2D eigenvalue weighted by molar-refractivity contribution is -0.137. The number of para-hydroxylation sites is 1. The van der Waals surface area contributed by atoms with Crippen LogP contribution in [0.15, 0.2) is 35.3 Å². The van der Waals surface area contributed by atoms with E-state index in [-0.39, 0.29) is 17.3 Å². The number of halogens is 4. The predicted octanol–water partition coefficient (Wildman–Crippen LogP) is 2.82. The second-order valence-electron chi connectivity index (χ2n) is 6.46. The highest BCUT2D eigenvalue weighted by Crippen LogP contribution is 2.38. The Kier molecular flexibility index (Phi) is 4.69. The summed E-state index contributed by atoms with van der Waals surface area (Å²) in [5.41, 5.74) is -0.805. The van der Waals surface area contributed by atoms with E-state index in [0.29, 0.717) is 30.5 Å². The normalized spacial score (nSPS) is 14.0. The molecule has 0 saturated heterocycles. The number of fused-ring (bicyclic) bond motifs is 1. The number of anilines is 3. The summed E-state index contributed by atoms with van der Waals surface area (Å²) in [6.07, 6.45) is -3.04.